The molecule has 2 N–H and O–H groups in total. The first-order valence-electron chi connectivity index (χ1n) is 7.06. The second kappa shape index (κ2) is 7.62. The average molecular weight is 258 g/mol. The van der Waals surface area contributed by atoms with E-state index in [9.17, 15) is 9.90 Å². The van der Waals surface area contributed by atoms with E-state index >= 15 is 0 Å². The number of amides is 2. The normalized spacial score (nSPS) is 19.6. The molecule has 1 saturated heterocycles. The van der Waals surface area contributed by atoms with Crippen molar-refractivity contribution in [2.75, 3.05) is 19.6 Å². The number of nitrogens with zero attached hydrogens (tertiary/aromatic N) is 1. The summed E-state index contributed by atoms with van der Waals surface area (Å²) in [4.78, 5) is 13.6. The number of hydrogen-bond acceptors (Lipinski definition) is 2. The van der Waals surface area contributed by atoms with Gasteiger partial charge in [0.25, 0.3) is 0 Å². The summed E-state index contributed by atoms with van der Waals surface area (Å²) in [6, 6.07) is 0.000417. The fourth-order valence-corrected chi connectivity index (χ4v) is 1.92. The predicted molar refractivity (Wildman–Crippen MR) is 75.6 cm³/mol. The summed E-state index contributed by atoms with van der Waals surface area (Å²) in [5.41, 5.74) is -0.687. The Labute approximate surface area is 112 Å². The van der Waals surface area contributed by atoms with E-state index < -0.39 is 5.60 Å². The summed E-state index contributed by atoms with van der Waals surface area (Å²) in [6.45, 7) is 13.9. The second-order valence-electron chi connectivity index (χ2n) is 5.67. The summed E-state index contributed by atoms with van der Waals surface area (Å²) in [7, 11) is 0. The van der Waals surface area contributed by atoms with Gasteiger partial charge in [0.1, 0.15) is 0 Å². The van der Waals surface area contributed by atoms with Crippen molar-refractivity contribution in [2.24, 2.45) is 11.8 Å². The van der Waals surface area contributed by atoms with Gasteiger partial charge in [-0.3, -0.25) is 0 Å². The monoisotopic (exact) mass is 258 g/mol. The van der Waals surface area contributed by atoms with Crippen molar-refractivity contribution in [3.63, 3.8) is 0 Å². The van der Waals surface area contributed by atoms with Crippen molar-refractivity contribution in [3.05, 3.63) is 0 Å². The molecule has 1 fully saturated rings. The van der Waals surface area contributed by atoms with E-state index in [1.165, 1.54) is 0 Å². The van der Waals surface area contributed by atoms with Gasteiger partial charge in [0.2, 0.25) is 0 Å². The molecule has 0 aromatic carbocycles. The molecular weight excluding hydrogens is 228 g/mol. The summed E-state index contributed by atoms with van der Waals surface area (Å²) < 4.78 is 0. The van der Waals surface area contributed by atoms with Gasteiger partial charge in [0, 0.05) is 25.6 Å². The van der Waals surface area contributed by atoms with Crippen molar-refractivity contribution in [1.29, 1.82) is 0 Å². The molecule has 0 spiro atoms. The fraction of sp³-hybridized carbons (Fsp3) is 0.929. The van der Waals surface area contributed by atoms with Gasteiger partial charge < -0.3 is 15.3 Å². The molecule has 0 aromatic heterocycles. The summed E-state index contributed by atoms with van der Waals surface area (Å²) in [5.74, 6) is 0.661. The van der Waals surface area contributed by atoms with E-state index in [1.54, 1.807) is 4.90 Å². The van der Waals surface area contributed by atoms with Crippen LogP contribution in [0.2, 0.25) is 0 Å². The zero-order valence-electron chi connectivity index (χ0n) is 12.8. The molecule has 0 aliphatic carbocycles. The van der Waals surface area contributed by atoms with Gasteiger partial charge in [-0.2, -0.15) is 0 Å². The van der Waals surface area contributed by atoms with E-state index in [0.717, 1.165) is 13.0 Å². The Balaban J connectivity index is 0.00000137. The Bertz CT molecular complexity index is 247. The van der Waals surface area contributed by atoms with Gasteiger partial charge in [-0.25, -0.2) is 4.79 Å². The maximum absolute atomic E-state index is 11.8. The molecule has 0 bridgehead atoms. The smallest absolute Gasteiger partial charge is 0.317 e. The highest BCUT2D eigenvalue weighted by molar-refractivity contribution is 5.74. The Morgan fingerprint density at radius 2 is 2.00 bits per heavy atom. The Morgan fingerprint density at radius 3 is 2.39 bits per heavy atom. The van der Waals surface area contributed by atoms with Crippen molar-refractivity contribution in [3.8, 4) is 0 Å². The zero-order valence-corrected chi connectivity index (χ0v) is 12.8. The molecule has 1 aliphatic rings. The molecule has 1 aliphatic heterocycles. The summed E-state index contributed by atoms with van der Waals surface area (Å²) >= 11 is 0. The van der Waals surface area contributed by atoms with Crippen LogP contribution < -0.4 is 5.32 Å². The molecule has 1 atom stereocenters. The lowest BCUT2D eigenvalue weighted by molar-refractivity contribution is 0.0225. The quantitative estimate of drug-likeness (QED) is 0.817. The molecular formula is C14H30N2O2. The van der Waals surface area contributed by atoms with Crippen LogP contribution in [0, 0.1) is 11.8 Å². The van der Waals surface area contributed by atoms with Gasteiger partial charge in [-0.1, -0.05) is 27.7 Å². The molecule has 18 heavy (non-hydrogen) atoms. The lowest BCUT2D eigenvalue weighted by Crippen LogP contribution is -2.41. The maximum atomic E-state index is 11.8. The third-order valence-electron chi connectivity index (χ3n) is 3.14. The van der Waals surface area contributed by atoms with Gasteiger partial charge in [-0.15, -0.1) is 0 Å². The standard InChI is InChI=1S/C12H24N2O2.C2H6/c1-9(2)7-13-11(15)14-6-5-10(8-14)12(3,4)16;1-2/h9-10,16H,5-8H2,1-4H3,(H,13,15);1-2H3. The number of rotatable bonds is 3. The van der Waals surface area contributed by atoms with Crippen LogP contribution in [0.3, 0.4) is 0 Å². The number of urea groups is 1. The molecule has 4 heteroatoms. The van der Waals surface area contributed by atoms with Crippen LogP contribution in [-0.4, -0.2) is 41.3 Å². The molecule has 4 nitrogen and oxygen atoms in total. The first-order valence-corrected chi connectivity index (χ1v) is 7.06. The molecule has 2 amide bonds. The van der Waals surface area contributed by atoms with Crippen molar-refractivity contribution in [1.82, 2.24) is 10.2 Å². The predicted octanol–water partition coefficient (Wildman–Crippen LogP) is 2.47. The third kappa shape index (κ3) is 5.71. The number of carbonyl (C=O) groups excluding carboxylic acids is 1. The molecule has 0 radical (unpaired) electrons. The molecule has 1 heterocycles. The van der Waals surface area contributed by atoms with E-state index in [2.05, 4.69) is 19.2 Å². The SMILES string of the molecule is CC.CC(C)CNC(=O)N1CCC(C(C)(C)O)C1. The highest BCUT2D eigenvalue weighted by Crippen LogP contribution is 2.26. The number of carbonyl (C=O) groups is 1. The minimum absolute atomic E-state index is 0.000417. The van der Waals surface area contributed by atoms with Crippen LogP contribution in [-0.2, 0) is 0 Å². The van der Waals surface area contributed by atoms with E-state index in [-0.39, 0.29) is 11.9 Å². The van der Waals surface area contributed by atoms with Crippen molar-refractivity contribution >= 4 is 6.03 Å². The Kier molecular flexibility index (Phi) is 7.29. The highest BCUT2D eigenvalue weighted by Gasteiger charge is 2.35. The fourth-order valence-electron chi connectivity index (χ4n) is 1.92. The van der Waals surface area contributed by atoms with Crippen LogP contribution in [0.15, 0.2) is 0 Å². The summed E-state index contributed by atoms with van der Waals surface area (Å²) in [5, 5.41) is 12.8. The minimum atomic E-state index is -0.687. The van der Waals surface area contributed by atoms with Crippen molar-refractivity contribution in [2.45, 2.75) is 53.6 Å². The van der Waals surface area contributed by atoms with Gasteiger partial charge in [0.15, 0.2) is 0 Å². The number of nitrogens with one attached hydrogen (secondary N) is 1. The third-order valence-corrected chi connectivity index (χ3v) is 3.14. The minimum Gasteiger partial charge on any atom is -0.390 e. The summed E-state index contributed by atoms with van der Waals surface area (Å²) in [6.07, 6.45) is 0.887. The zero-order chi connectivity index (χ0) is 14.3. The molecule has 108 valence electrons. The Morgan fingerprint density at radius 1 is 1.44 bits per heavy atom. The van der Waals surface area contributed by atoms with Gasteiger partial charge in [-0.05, 0) is 26.2 Å². The average Bonchev–Trinajstić information content (AvgIpc) is 2.77. The lowest BCUT2D eigenvalue weighted by Gasteiger charge is -2.25. The van der Waals surface area contributed by atoms with Crippen LogP contribution in [0.1, 0.15) is 48.0 Å². The van der Waals surface area contributed by atoms with Crippen LogP contribution in [0.4, 0.5) is 4.79 Å². The van der Waals surface area contributed by atoms with Gasteiger partial charge in [0.05, 0.1) is 5.60 Å². The largest absolute Gasteiger partial charge is 0.390 e. The first kappa shape index (κ1) is 17.2. The van der Waals surface area contributed by atoms with Crippen molar-refractivity contribution < 1.29 is 9.90 Å². The van der Waals surface area contributed by atoms with Crippen LogP contribution in [0.25, 0.3) is 0 Å². The number of aliphatic hydroxyl groups is 1. The van der Waals surface area contributed by atoms with E-state index in [1.807, 2.05) is 27.7 Å². The van der Waals surface area contributed by atoms with E-state index in [4.69, 9.17) is 0 Å². The molecule has 1 unspecified atom stereocenters. The topological polar surface area (TPSA) is 52.6 Å². The second-order valence-corrected chi connectivity index (χ2v) is 5.67. The van der Waals surface area contributed by atoms with Crippen LogP contribution >= 0.6 is 0 Å². The van der Waals surface area contributed by atoms with Gasteiger partial charge >= 0.3 is 6.03 Å². The van der Waals surface area contributed by atoms with Crippen LogP contribution in [0.5, 0.6) is 0 Å². The Hall–Kier alpha value is -0.770. The molecule has 0 aromatic rings. The first-order chi connectivity index (χ1) is 8.30. The van der Waals surface area contributed by atoms with E-state index in [0.29, 0.717) is 19.0 Å². The molecule has 1 rings (SSSR count). The highest BCUT2D eigenvalue weighted by atomic mass is 16.3. The number of likely N-dealkylation sites (tertiary alicyclic amines) is 1. The lowest BCUT2D eigenvalue weighted by atomic mass is 9.91. The number of hydrogen-bond donors (Lipinski definition) is 2. The maximum Gasteiger partial charge on any atom is 0.317 e. The molecule has 0 saturated carbocycles.